The number of carbonyl (C=O) groups excluding carboxylic acids is 1. The third-order valence-electron chi connectivity index (χ3n) is 4.11. The van der Waals surface area contributed by atoms with E-state index in [1.165, 1.54) is 0 Å². The molecule has 0 unspecified atom stereocenters. The third-order valence-corrected chi connectivity index (χ3v) is 4.11. The van der Waals surface area contributed by atoms with Gasteiger partial charge in [-0.3, -0.25) is 9.59 Å². The molecule has 1 aliphatic carbocycles. The van der Waals surface area contributed by atoms with Crippen molar-refractivity contribution in [1.82, 2.24) is 10.6 Å². The van der Waals surface area contributed by atoms with E-state index in [0.717, 1.165) is 43.5 Å². The molecule has 0 aromatic rings. The van der Waals surface area contributed by atoms with Gasteiger partial charge in [-0.05, 0) is 30.8 Å². The Morgan fingerprint density at radius 3 is 2.44 bits per heavy atom. The van der Waals surface area contributed by atoms with Gasteiger partial charge >= 0.3 is 5.97 Å². The second-order valence-electron chi connectivity index (χ2n) is 5.44. The lowest BCUT2D eigenvalue weighted by Gasteiger charge is -2.41. The van der Waals surface area contributed by atoms with E-state index in [1.807, 2.05) is 6.92 Å². The summed E-state index contributed by atoms with van der Waals surface area (Å²) in [6, 6.07) is 0. The second-order valence-corrected chi connectivity index (χ2v) is 5.44. The minimum atomic E-state index is -0.776. The van der Waals surface area contributed by atoms with Crippen LogP contribution < -0.4 is 10.6 Å². The number of carboxylic acids is 1. The molecule has 1 aliphatic heterocycles. The summed E-state index contributed by atoms with van der Waals surface area (Å²) in [6.07, 6.45) is 3.02. The van der Waals surface area contributed by atoms with Crippen molar-refractivity contribution >= 4 is 11.9 Å². The van der Waals surface area contributed by atoms with Crippen molar-refractivity contribution < 1.29 is 14.7 Å². The molecule has 1 saturated carbocycles. The zero-order chi connectivity index (χ0) is 13.2. The quantitative estimate of drug-likeness (QED) is 0.628. The van der Waals surface area contributed by atoms with Crippen LogP contribution in [0.25, 0.3) is 0 Å². The van der Waals surface area contributed by atoms with Crippen LogP contribution >= 0.6 is 0 Å². The molecular weight excluding hydrogens is 232 g/mol. The maximum Gasteiger partial charge on any atom is 0.303 e. The molecule has 1 heterocycles. The molecule has 3 N–H and O–H groups in total. The van der Waals surface area contributed by atoms with Crippen LogP contribution in [0.2, 0.25) is 0 Å². The number of hydrogen-bond donors (Lipinski definition) is 3. The van der Waals surface area contributed by atoms with Crippen LogP contribution in [0.3, 0.4) is 0 Å². The topological polar surface area (TPSA) is 78.4 Å². The van der Waals surface area contributed by atoms with Crippen molar-refractivity contribution in [2.45, 2.75) is 32.6 Å². The van der Waals surface area contributed by atoms with Crippen molar-refractivity contribution in [2.75, 3.05) is 19.6 Å². The first-order valence-electron chi connectivity index (χ1n) is 6.42. The highest BCUT2D eigenvalue weighted by Crippen LogP contribution is 2.43. The van der Waals surface area contributed by atoms with Gasteiger partial charge in [0.15, 0.2) is 0 Å². The van der Waals surface area contributed by atoms with Gasteiger partial charge in [0, 0.05) is 25.2 Å². The summed E-state index contributed by atoms with van der Waals surface area (Å²) in [5.41, 5.74) is 1.72. The monoisotopic (exact) mass is 252 g/mol. The minimum absolute atomic E-state index is 0.0526. The summed E-state index contributed by atoms with van der Waals surface area (Å²) in [4.78, 5) is 22.7. The lowest BCUT2D eigenvalue weighted by molar-refractivity contribution is -0.141. The second kappa shape index (κ2) is 5.10. The Kier molecular flexibility index (Phi) is 3.71. The fraction of sp³-hybridized carbons (Fsp3) is 0.692. The molecule has 0 radical (unpaired) electrons. The molecule has 2 rings (SSSR count). The Bertz CT molecular complexity index is 391. The van der Waals surface area contributed by atoms with E-state index in [-0.39, 0.29) is 17.7 Å². The molecule has 0 bridgehead atoms. The predicted molar refractivity (Wildman–Crippen MR) is 67.1 cm³/mol. The highest BCUT2D eigenvalue weighted by Gasteiger charge is 2.39. The molecule has 2 fully saturated rings. The molecule has 5 nitrogen and oxygen atoms in total. The number of nitrogens with one attached hydrogen (secondary N) is 2. The van der Waals surface area contributed by atoms with Crippen molar-refractivity contribution in [1.29, 1.82) is 0 Å². The minimum Gasteiger partial charge on any atom is -0.481 e. The van der Waals surface area contributed by atoms with Crippen molar-refractivity contribution in [3.8, 4) is 0 Å². The van der Waals surface area contributed by atoms with Gasteiger partial charge in [0.25, 0.3) is 0 Å². The maximum absolute atomic E-state index is 11.9. The third kappa shape index (κ3) is 2.72. The first kappa shape index (κ1) is 13.1. The van der Waals surface area contributed by atoms with E-state index in [2.05, 4.69) is 10.6 Å². The summed E-state index contributed by atoms with van der Waals surface area (Å²) < 4.78 is 0. The van der Waals surface area contributed by atoms with E-state index in [4.69, 9.17) is 5.11 Å². The average molecular weight is 252 g/mol. The summed E-state index contributed by atoms with van der Waals surface area (Å²) in [5, 5.41) is 14.9. The van der Waals surface area contributed by atoms with E-state index in [1.54, 1.807) is 0 Å². The average Bonchev–Trinajstić information content (AvgIpc) is 2.18. The number of amides is 1. The molecule has 1 saturated heterocycles. The largest absolute Gasteiger partial charge is 0.481 e. The van der Waals surface area contributed by atoms with Gasteiger partial charge in [-0.2, -0.15) is 0 Å². The van der Waals surface area contributed by atoms with E-state index < -0.39 is 5.97 Å². The van der Waals surface area contributed by atoms with Crippen LogP contribution in [-0.2, 0) is 9.59 Å². The van der Waals surface area contributed by atoms with Crippen molar-refractivity contribution in [2.24, 2.45) is 5.41 Å². The lowest BCUT2D eigenvalue weighted by atomic mass is 9.66. The predicted octanol–water partition coefficient (Wildman–Crippen LogP) is 0.667. The number of carbonyl (C=O) groups is 2. The van der Waals surface area contributed by atoms with E-state index in [0.29, 0.717) is 6.54 Å². The van der Waals surface area contributed by atoms with Crippen molar-refractivity contribution in [3.63, 3.8) is 0 Å². The zero-order valence-corrected chi connectivity index (χ0v) is 10.7. The molecule has 0 aromatic carbocycles. The Balaban J connectivity index is 1.86. The van der Waals surface area contributed by atoms with Crippen LogP contribution in [0, 0.1) is 5.41 Å². The smallest absolute Gasteiger partial charge is 0.303 e. The number of hydrogen-bond acceptors (Lipinski definition) is 3. The molecule has 0 spiro atoms. The van der Waals surface area contributed by atoms with Crippen LogP contribution in [0.5, 0.6) is 0 Å². The normalized spacial score (nSPS) is 20.6. The lowest BCUT2D eigenvalue weighted by Crippen LogP contribution is -2.44. The van der Waals surface area contributed by atoms with E-state index in [9.17, 15) is 9.59 Å². The first-order chi connectivity index (χ1) is 8.52. The van der Waals surface area contributed by atoms with Gasteiger partial charge in [-0.1, -0.05) is 6.42 Å². The van der Waals surface area contributed by atoms with Crippen LogP contribution in [-0.4, -0.2) is 36.6 Å². The molecule has 2 aliphatic rings. The number of rotatable bonds is 5. The number of carboxylic acid groups (broad SMARTS) is 1. The molecule has 0 atom stereocenters. The standard InChI is InChI=1S/C13H20N2O3/c1-9(10-6-14-7-10)12(18)15-8-13(3-2-4-13)5-11(16)17/h14H,2-8H2,1H3,(H,15,18)(H,16,17). The van der Waals surface area contributed by atoms with Crippen LogP contribution in [0.1, 0.15) is 32.6 Å². The summed E-state index contributed by atoms with van der Waals surface area (Å²) in [7, 11) is 0. The molecule has 1 amide bonds. The van der Waals surface area contributed by atoms with Crippen LogP contribution in [0.4, 0.5) is 0 Å². The fourth-order valence-electron chi connectivity index (χ4n) is 2.49. The van der Waals surface area contributed by atoms with Crippen LogP contribution in [0.15, 0.2) is 11.1 Å². The Morgan fingerprint density at radius 1 is 1.39 bits per heavy atom. The van der Waals surface area contributed by atoms with Crippen molar-refractivity contribution in [3.05, 3.63) is 11.1 Å². The van der Waals surface area contributed by atoms with Gasteiger partial charge in [0.05, 0.1) is 6.42 Å². The van der Waals surface area contributed by atoms with Gasteiger partial charge < -0.3 is 15.7 Å². The van der Waals surface area contributed by atoms with Gasteiger partial charge in [-0.15, -0.1) is 0 Å². The molecular formula is C13H20N2O3. The molecule has 18 heavy (non-hydrogen) atoms. The maximum atomic E-state index is 11.9. The number of aliphatic carboxylic acids is 1. The molecule has 5 heteroatoms. The summed E-state index contributed by atoms with van der Waals surface area (Å²) in [5.74, 6) is -0.828. The molecule has 0 aromatic heterocycles. The zero-order valence-electron chi connectivity index (χ0n) is 10.7. The van der Waals surface area contributed by atoms with Gasteiger partial charge in [0.2, 0.25) is 5.91 Å². The highest BCUT2D eigenvalue weighted by atomic mass is 16.4. The Hall–Kier alpha value is -1.36. The Morgan fingerprint density at radius 2 is 2.06 bits per heavy atom. The SMILES string of the molecule is CC(C(=O)NCC1(CC(=O)O)CCC1)=C1CNC1. The highest BCUT2D eigenvalue weighted by molar-refractivity contribution is 5.94. The summed E-state index contributed by atoms with van der Waals surface area (Å²) in [6.45, 7) is 3.89. The fourth-order valence-corrected chi connectivity index (χ4v) is 2.49. The van der Waals surface area contributed by atoms with Gasteiger partial charge in [0.1, 0.15) is 0 Å². The van der Waals surface area contributed by atoms with E-state index >= 15 is 0 Å². The first-order valence-corrected chi connectivity index (χ1v) is 6.42. The summed E-state index contributed by atoms with van der Waals surface area (Å²) >= 11 is 0. The Labute approximate surface area is 107 Å². The molecule has 100 valence electrons. The van der Waals surface area contributed by atoms with Gasteiger partial charge in [-0.25, -0.2) is 0 Å².